The predicted molar refractivity (Wildman–Crippen MR) is 295 cm³/mol. The number of furan rings is 1. The molecule has 0 aliphatic carbocycles. The molecule has 71 heavy (non-hydrogen) atoms. The molecule has 0 N–H and O–H groups in total. The molecular weight excluding hydrogens is 887 g/mol. The van der Waals surface area contributed by atoms with Gasteiger partial charge in [0.2, 0.25) is 0 Å². The number of allylic oxidation sites excluding steroid dienone is 4. The minimum atomic E-state index is 0.601. The molecule has 0 bridgehead atoms. The van der Waals surface area contributed by atoms with Gasteiger partial charge >= 0.3 is 0 Å². The quantitative estimate of drug-likeness (QED) is 0.142. The van der Waals surface area contributed by atoms with E-state index in [0.29, 0.717) is 17.5 Å². The number of fused-ring (bicyclic) bond motifs is 10. The molecule has 7 heteroatoms. The van der Waals surface area contributed by atoms with Crippen molar-refractivity contribution in [3.63, 3.8) is 0 Å². The van der Waals surface area contributed by atoms with Gasteiger partial charge in [-0.15, -0.1) is 11.8 Å². The molecule has 6 nitrogen and oxygen atoms in total. The molecule has 13 aromatic rings. The molecule has 0 unspecified atom stereocenters. The van der Waals surface area contributed by atoms with Crippen molar-refractivity contribution in [3.05, 3.63) is 242 Å². The van der Waals surface area contributed by atoms with E-state index in [1.54, 1.807) is 0 Å². The number of hydrogen-bond donors (Lipinski definition) is 0. The van der Waals surface area contributed by atoms with Crippen molar-refractivity contribution in [3.8, 4) is 45.5 Å². The van der Waals surface area contributed by atoms with Gasteiger partial charge in [-0.3, -0.25) is 0 Å². The van der Waals surface area contributed by atoms with Gasteiger partial charge in [0.05, 0.1) is 22.1 Å². The number of rotatable bonds is 8. The van der Waals surface area contributed by atoms with Crippen LogP contribution in [0.2, 0.25) is 0 Å². The first kappa shape index (κ1) is 41.0. The normalized spacial score (nSPS) is 13.3. The maximum absolute atomic E-state index is 6.50. The van der Waals surface area contributed by atoms with E-state index in [4.69, 9.17) is 19.4 Å². The number of thioether (sulfide) groups is 1. The summed E-state index contributed by atoms with van der Waals surface area (Å²) in [5.41, 5.74) is 15.8. The molecule has 1 aliphatic heterocycles. The lowest BCUT2D eigenvalue weighted by atomic mass is 10.0. The number of aromatic nitrogens is 5. The van der Waals surface area contributed by atoms with E-state index in [2.05, 4.69) is 167 Å². The fourth-order valence-corrected chi connectivity index (χ4v) is 11.5. The Labute approximate surface area is 413 Å². The molecule has 1 aliphatic rings. The monoisotopic (exact) mass is 927 g/mol. The second kappa shape index (κ2) is 16.6. The van der Waals surface area contributed by atoms with E-state index in [0.717, 1.165) is 89.0 Å². The molecule has 334 valence electrons. The van der Waals surface area contributed by atoms with Gasteiger partial charge in [0.1, 0.15) is 11.2 Å². The Balaban J connectivity index is 0.853. The van der Waals surface area contributed by atoms with Crippen LogP contribution in [0.15, 0.2) is 240 Å². The largest absolute Gasteiger partial charge is 0.456 e. The Bertz CT molecular complexity index is 4310. The summed E-state index contributed by atoms with van der Waals surface area (Å²) >= 11 is 1.90. The fraction of sp³-hybridized carbons (Fsp3) is 0.0156. The minimum absolute atomic E-state index is 0.601. The van der Waals surface area contributed by atoms with Crippen LogP contribution in [0.4, 0.5) is 0 Å². The van der Waals surface area contributed by atoms with Crippen LogP contribution in [-0.2, 0) is 0 Å². The summed E-state index contributed by atoms with van der Waals surface area (Å²) in [7, 11) is 0. The van der Waals surface area contributed by atoms with E-state index in [9.17, 15) is 0 Å². The highest BCUT2D eigenvalue weighted by atomic mass is 32.2. The van der Waals surface area contributed by atoms with Crippen molar-refractivity contribution in [1.82, 2.24) is 24.1 Å². The molecule has 0 atom stereocenters. The number of benzene rings is 9. The summed E-state index contributed by atoms with van der Waals surface area (Å²) in [5.74, 6) is 2.84. The zero-order valence-corrected chi connectivity index (χ0v) is 39.1. The first-order chi connectivity index (χ1) is 35.1. The van der Waals surface area contributed by atoms with Crippen LogP contribution in [0.3, 0.4) is 0 Å². The van der Waals surface area contributed by atoms with Crippen LogP contribution in [-0.4, -0.2) is 29.8 Å². The molecule has 0 saturated heterocycles. The third-order valence-corrected chi connectivity index (χ3v) is 15.0. The van der Waals surface area contributed by atoms with Gasteiger partial charge in [-0.05, 0) is 107 Å². The highest BCUT2D eigenvalue weighted by molar-refractivity contribution is 8.00. The van der Waals surface area contributed by atoms with Crippen LogP contribution in [0.1, 0.15) is 11.1 Å². The molecule has 0 spiro atoms. The summed E-state index contributed by atoms with van der Waals surface area (Å²) < 4.78 is 11.3. The average molecular weight is 928 g/mol. The summed E-state index contributed by atoms with van der Waals surface area (Å²) in [6, 6.07) is 72.5. The highest BCUT2D eigenvalue weighted by Gasteiger charge is 2.20. The minimum Gasteiger partial charge on any atom is -0.456 e. The Morgan fingerprint density at radius 2 is 0.986 bits per heavy atom. The van der Waals surface area contributed by atoms with Crippen molar-refractivity contribution in [2.45, 2.75) is 4.90 Å². The predicted octanol–water partition coefficient (Wildman–Crippen LogP) is 16.7. The summed E-state index contributed by atoms with van der Waals surface area (Å²) in [4.78, 5) is 16.3. The first-order valence-electron chi connectivity index (χ1n) is 23.8. The average Bonchev–Trinajstić information content (AvgIpc) is 4.20. The van der Waals surface area contributed by atoms with Gasteiger partial charge in [0.15, 0.2) is 17.5 Å². The Morgan fingerprint density at radius 3 is 1.68 bits per heavy atom. The molecule has 5 heterocycles. The number of nitrogens with zero attached hydrogens (tertiary/aromatic N) is 5. The van der Waals surface area contributed by atoms with Gasteiger partial charge in [-0.1, -0.05) is 146 Å². The van der Waals surface area contributed by atoms with Crippen molar-refractivity contribution >= 4 is 88.5 Å². The maximum Gasteiger partial charge on any atom is 0.164 e. The standard InChI is InChI=1S/C64H41N5OS/c1-40(15-14-20-45-39-71-61-26-13-10-21-48(45)61)43-27-31-57-51(35-43)49-22-8-11-24-55(49)68(57)46-29-32-58-52(37-46)50-23-9-12-25-56(50)69(58)47-30-34-60-54(38-47)53-36-44(28-33-59(53)70-60)64-66-62(41-16-4-2-5-17-41)65-63(67-64)42-18-6-3-7-19-42/h2-38H,1,39H2/b15-14-,45-20+. The lowest BCUT2D eigenvalue weighted by Gasteiger charge is -2.11. The second-order valence-corrected chi connectivity index (χ2v) is 19.0. The number of hydrogen-bond acceptors (Lipinski definition) is 5. The topological polar surface area (TPSA) is 61.7 Å². The Hall–Kier alpha value is -9.04. The number of para-hydroxylation sites is 2. The smallest absolute Gasteiger partial charge is 0.164 e. The molecule has 0 fully saturated rings. The summed E-state index contributed by atoms with van der Waals surface area (Å²) in [6.07, 6.45) is 6.51. The maximum atomic E-state index is 6.50. The third kappa shape index (κ3) is 6.92. The van der Waals surface area contributed by atoms with Crippen molar-refractivity contribution < 1.29 is 4.42 Å². The highest BCUT2D eigenvalue weighted by Crippen LogP contribution is 2.41. The van der Waals surface area contributed by atoms with E-state index >= 15 is 0 Å². The van der Waals surface area contributed by atoms with Gasteiger partial charge in [-0.25, -0.2) is 15.0 Å². The van der Waals surface area contributed by atoms with Crippen LogP contribution in [0.25, 0.3) is 122 Å². The zero-order chi connectivity index (χ0) is 47.0. The van der Waals surface area contributed by atoms with Crippen LogP contribution in [0, 0.1) is 0 Å². The van der Waals surface area contributed by atoms with E-state index < -0.39 is 0 Å². The van der Waals surface area contributed by atoms with Crippen molar-refractivity contribution in [1.29, 1.82) is 0 Å². The summed E-state index contributed by atoms with van der Waals surface area (Å²) in [5, 5.41) is 6.77. The van der Waals surface area contributed by atoms with Gasteiger partial charge in [-0.2, -0.15) is 0 Å². The van der Waals surface area contributed by atoms with Crippen LogP contribution >= 0.6 is 11.8 Å². The molecule has 9 aromatic carbocycles. The van der Waals surface area contributed by atoms with E-state index in [1.165, 1.54) is 37.6 Å². The lowest BCUT2D eigenvalue weighted by Crippen LogP contribution is -2.00. The zero-order valence-electron chi connectivity index (χ0n) is 38.3. The Kier molecular flexibility index (Phi) is 9.57. The molecule has 0 amide bonds. The van der Waals surface area contributed by atoms with Gasteiger partial charge < -0.3 is 13.6 Å². The molecule has 14 rings (SSSR count). The molecule has 0 radical (unpaired) electrons. The lowest BCUT2D eigenvalue weighted by molar-refractivity contribution is 0.669. The van der Waals surface area contributed by atoms with Crippen molar-refractivity contribution in [2.75, 3.05) is 5.75 Å². The van der Waals surface area contributed by atoms with Crippen LogP contribution in [0.5, 0.6) is 0 Å². The first-order valence-corrected chi connectivity index (χ1v) is 24.8. The summed E-state index contributed by atoms with van der Waals surface area (Å²) in [6.45, 7) is 4.50. The van der Waals surface area contributed by atoms with Gasteiger partial charge in [0, 0.05) is 71.0 Å². The SMILES string of the molecule is C=C(/C=C\C=C1/CSc2ccccc21)c1ccc2c(c1)c1ccccc1n2-c1ccc2c(c1)c1ccccc1n2-c1ccc2oc3ccc(-c4nc(-c5ccccc5)nc(-c5ccccc5)n4)cc3c2c1. The van der Waals surface area contributed by atoms with Gasteiger partial charge in [0.25, 0.3) is 0 Å². The Morgan fingerprint density at radius 1 is 0.465 bits per heavy atom. The van der Waals surface area contributed by atoms with E-state index in [-0.39, 0.29) is 0 Å². The van der Waals surface area contributed by atoms with Crippen molar-refractivity contribution in [2.24, 2.45) is 0 Å². The molecule has 0 saturated carbocycles. The second-order valence-electron chi connectivity index (χ2n) is 18.0. The third-order valence-electron chi connectivity index (χ3n) is 13.8. The van der Waals surface area contributed by atoms with E-state index in [1.807, 2.05) is 84.6 Å². The fourth-order valence-electron chi connectivity index (χ4n) is 10.4. The molecule has 4 aromatic heterocycles. The molecular formula is C64H41N5OS. The van der Waals surface area contributed by atoms with Crippen LogP contribution < -0.4 is 0 Å².